The highest BCUT2D eigenvalue weighted by Gasteiger charge is 2.16. The highest BCUT2D eigenvalue weighted by molar-refractivity contribution is 6.31. The van der Waals surface area contributed by atoms with Gasteiger partial charge >= 0.3 is 0 Å². The fraction of sp³-hybridized carbons (Fsp3) is 0.364. The van der Waals surface area contributed by atoms with Gasteiger partial charge in [-0.15, -0.1) is 0 Å². The van der Waals surface area contributed by atoms with Crippen LogP contribution in [-0.4, -0.2) is 23.9 Å². The Morgan fingerprint density at radius 2 is 2.07 bits per heavy atom. The summed E-state index contributed by atoms with van der Waals surface area (Å²) in [6.07, 6.45) is 0. The summed E-state index contributed by atoms with van der Waals surface area (Å²) in [6.45, 7) is 3.90. The molecule has 0 aliphatic heterocycles. The van der Waals surface area contributed by atoms with Gasteiger partial charge < -0.3 is 10.6 Å². The number of nitrogens with two attached hydrogens (primary N) is 1. The molecule has 0 atom stereocenters. The summed E-state index contributed by atoms with van der Waals surface area (Å²) >= 11 is 5.76. The maximum absolute atomic E-state index is 11.9. The molecule has 0 spiro atoms. The number of amides is 1. The quantitative estimate of drug-likeness (QED) is 0.788. The number of anilines is 1. The molecule has 82 valence electrons. The van der Waals surface area contributed by atoms with Gasteiger partial charge in [-0.3, -0.25) is 4.79 Å². The highest BCUT2D eigenvalue weighted by Crippen LogP contribution is 2.19. The molecule has 0 fully saturated rings. The Labute approximate surface area is 94.8 Å². The van der Waals surface area contributed by atoms with Crippen LogP contribution in [0.5, 0.6) is 0 Å². The Morgan fingerprint density at radius 1 is 1.47 bits per heavy atom. The van der Waals surface area contributed by atoms with Crippen molar-refractivity contribution in [3.05, 3.63) is 28.8 Å². The SMILES string of the molecule is CC(C)N(C)C(=O)c1ccc(Cl)cc1N. The van der Waals surface area contributed by atoms with Gasteiger partial charge in [-0.2, -0.15) is 0 Å². The predicted molar refractivity (Wildman–Crippen MR) is 63.1 cm³/mol. The Hall–Kier alpha value is -1.22. The number of hydrogen-bond acceptors (Lipinski definition) is 2. The zero-order valence-electron chi connectivity index (χ0n) is 9.12. The molecule has 0 saturated heterocycles. The first-order chi connectivity index (χ1) is 6.93. The van der Waals surface area contributed by atoms with E-state index in [0.717, 1.165) is 0 Å². The monoisotopic (exact) mass is 226 g/mol. The van der Waals surface area contributed by atoms with Gasteiger partial charge in [0.2, 0.25) is 0 Å². The average Bonchev–Trinajstić information content (AvgIpc) is 2.15. The maximum Gasteiger partial charge on any atom is 0.255 e. The first-order valence-corrected chi connectivity index (χ1v) is 5.13. The van der Waals surface area contributed by atoms with Crippen molar-refractivity contribution < 1.29 is 4.79 Å². The first kappa shape index (κ1) is 11.9. The number of carbonyl (C=O) groups is 1. The summed E-state index contributed by atoms with van der Waals surface area (Å²) < 4.78 is 0. The average molecular weight is 227 g/mol. The van der Waals surface area contributed by atoms with Crippen LogP contribution in [0.3, 0.4) is 0 Å². The van der Waals surface area contributed by atoms with Crippen molar-refractivity contribution in [1.82, 2.24) is 4.90 Å². The molecular formula is C11H15ClN2O. The lowest BCUT2D eigenvalue weighted by Crippen LogP contribution is -2.33. The molecule has 0 aliphatic rings. The van der Waals surface area contributed by atoms with E-state index >= 15 is 0 Å². The second-order valence-corrected chi connectivity index (χ2v) is 4.18. The third kappa shape index (κ3) is 2.63. The van der Waals surface area contributed by atoms with Crippen LogP contribution in [0.4, 0.5) is 5.69 Å². The number of hydrogen-bond donors (Lipinski definition) is 1. The number of rotatable bonds is 2. The molecule has 0 aliphatic carbocycles. The lowest BCUT2D eigenvalue weighted by atomic mass is 10.1. The Balaban J connectivity index is 3.01. The number of nitrogen functional groups attached to an aromatic ring is 1. The van der Waals surface area contributed by atoms with Crippen LogP contribution in [0.1, 0.15) is 24.2 Å². The van der Waals surface area contributed by atoms with E-state index in [1.807, 2.05) is 13.8 Å². The fourth-order valence-electron chi connectivity index (χ4n) is 1.15. The molecule has 1 amide bonds. The lowest BCUT2D eigenvalue weighted by molar-refractivity contribution is 0.0756. The molecule has 0 bridgehead atoms. The zero-order valence-corrected chi connectivity index (χ0v) is 9.88. The molecule has 15 heavy (non-hydrogen) atoms. The fourth-order valence-corrected chi connectivity index (χ4v) is 1.33. The van der Waals surface area contributed by atoms with Gasteiger partial charge in [0, 0.05) is 23.8 Å². The molecular weight excluding hydrogens is 212 g/mol. The molecule has 0 saturated carbocycles. The summed E-state index contributed by atoms with van der Waals surface area (Å²) in [5.74, 6) is -0.0841. The standard InChI is InChI=1S/C11H15ClN2O/c1-7(2)14(3)11(15)9-5-4-8(12)6-10(9)13/h4-7H,13H2,1-3H3. The van der Waals surface area contributed by atoms with Crippen molar-refractivity contribution in [3.63, 3.8) is 0 Å². The summed E-state index contributed by atoms with van der Waals surface area (Å²) in [4.78, 5) is 13.6. The van der Waals surface area contributed by atoms with E-state index in [1.165, 1.54) is 0 Å². The van der Waals surface area contributed by atoms with Gasteiger partial charge in [-0.05, 0) is 32.0 Å². The van der Waals surface area contributed by atoms with Crippen molar-refractivity contribution in [2.75, 3.05) is 12.8 Å². The van der Waals surface area contributed by atoms with Gasteiger partial charge in [0.05, 0.1) is 5.56 Å². The van der Waals surface area contributed by atoms with Gasteiger partial charge in [-0.1, -0.05) is 11.6 Å². The van der Waals surface area contributed by atoms with Crippen LogP contribution in [0.2, 0.25) is 5.02 Å². The zero-order chi connectivity index (χ0) is 11.6. The van der Waals surface area contributed by atoms with Gasteiger partial charge in [0.1, 0.15) is 0 Å². The number of nitrogens with zero attached hydrogens (tertiary/aromatic N) is 1. The molecule has 0 unspecified atom stereocenters. The molecule has 3 nitrogen and oxygen atoms in total. The summed E-state index contributed by atoms with van der Waals surface area (Å²) in [5, 5.41) is 0.538. The maximum atomic E-state index is 11.9. The number of benzene rings is 1. The van der Waals surface area contributed by atoms with Crippen LogP contribution < -0.4 is 5.73 Å². The molecule has 1 aromatic carbocycles. The van der Waals surface area contributed by atoms with Crippen molar-refractivity contribution in [3.8, 4) is 0 Å². The Kier molecular flexibility index (Phi) is 3.58. The number of halogens is 1. The topological polar surface area (TPSA) is 46.3 Å². The molecule has 1 aromatic rings. The van der Waals surface area contributed by atoms with Crippen LogP contribution in [0.15, 0.2) is 18.2 Å². The minimum absolute atomic E-state index is 0.0841. The minimum atomic E-state index is -0.0841. The van der Waals surface area contributed by atoms with Gasteiger partial charge in [0.15, 0.2) is 0 Å². The second kappa shape index (κ2) is 4.53. The van der Waals surface area contributed by atoms with E-state index < -0.39 is 0 Å². The van der Waals surface area contributed by atoms with E-state index in [9.17, 15) is 4.79 Å². The lowest BCUT2D eigenvalue weighted by Gasteiger charge is -2.22. The van der Waals surface area contributed by atoms with Crippen LogP contribution in [0.25, 0.3) is 0 Å². The van der Waals surface area contributed by atoms with E-state index in [1.54, 1.807) is 30.1 Å². The van der Waals surface area contributed by atoms with E-state index in [-0.39, 0.29) is 11.9 Å². The minimum Gasteiger partial charge on any atom is -0.398 e. The van der Waals surface area contributed by atoms with Crippen LogP contribution in [-0.2, 0) is 0 Å². The molecule has 1 rings (SSSR count). The second-order valence-electron chi connectivity index (χ2n) is 3.74. The van der Waals surface area contributed by atoms with Crippen LogP contribution in [0, 0.1) is 0 Å². The molecule has 4 heteroatoms. The third-order valence-electron chi connectivity index (χ3n) is 2.34. The third-order valence-corrected chi connectivity index (χ3v) is 2.57. The largest absolute Gasteiger partial charge is 0.398 e. The molecule has 2 N–H and O–H groups in total. The molecule has 0 aromatic heterocycles. The molecule has 0 radical (unpaired) electrons. The summed E-state index contributed by atoms with van der Waals surface area (Å²) in [5.41, 5.74) is 6.64. The Morgan fingerprint density at radius 3 is 2.53 bits per heavy atom. The van der Waals surface area contributed by atoms with E-state index in [2.05, 4.69) is 0 Å². The van der Waals surface area contributed by atoms with Gasteiger partial charge in [-0.25, -0.2) is 0 Å². The van der Waals surface area contributed by atoms with Crippen molar-refractivity contribution in [2.24, 2.45) is 0 Å². The van der Waals surface area contributed by atoms with E-state index in [4.69, 9.17) is 17.3 Å². The summed E-state index contributed by atoms with van der Waals surface area (Å²) in [6, 6.07) is 5.05. The smallest absolute Gasteiger partial charge is 0.255 e. The van der Waals surface area contributed by atoms with Crippen molar-refractivity contribution in [2.45, 2.75) is 19.9 Å². The van der Waals surface area contributed by atoms with Crippen molar-refractivity contribution in [1.29, 1.82) is 0 Å². The first-order valence-electron chi connectivity index (χ1n) is 4.75. The van der Waals surface area contributed by atoms with E-state index in [0.29, 0.717) is 16.3 Å². The normalized spacial score (nSPS) is 10.5. The highest BCUT2D eigenvalue weighted by atomic mass is 35.5. The van der Waals surface area contributed by atoms with Crippen LogP contribution >= 0.6 is 11.6 Å². The Bertz CT molecular complexity index is 377. The molecule has 0 heterocycles. The van der Waals surface area contributed by atoms with Gasteiger partial charge in [0.25, 0.3) is 5.91 Å². The predicted octanol–water partition coefficient (Wildman–Crippen LogP) is 2.40. The summed E-state index contributed by atoms with van der Waals surface area (Å²) in [7, 11) is 1.75. The number of carbonyl (C=O) groups excluding carboxylic acids is 1. The van der Waals surface area contributed by atoms with Crippen molar-refractivity contribution >= 4 is 23.2 Å².